The van der Waals surface area contributed by atoms with E-state index in [0.29, 0.717) is 0 Å². The zero-order valence-corrected chi connectivity index (χ0v) is 11.6. The van der Waals surface area contributed by atoms with E-state index in [0.717, 1.165) is 31.0 Å². The molecule has 18 heavy (non-hydrogen) atoms. The molecule has 2 heterocycles. The number of nitrogens with zero attached hydrogens (tertiary/aromatic N) is 1. The Morgan fingerprint density at radius 3 is 3.06 bits per heavy atom. The van der Waals surface area contributed by atoms with Crippen molar-refractivity contribution in [2.24, 2.45) is 0 Å². The molecular weight excluding hydrogens is 244 g/mol. The summed E-state index contributed by atoms with van der Waals surface area (Å²) in [5.74, 6) is 0.855. The third-order valence-corrected chi connectivity index (χ3v) is 3.71. The second-order valence-electron chi connectivity index (χ2n) is 4.31. The van der Waals surface area contributed by atoms with Gasteiger partial charge in [-0.25, -0.2) is 4.98 Å². The molecule has 0 fully saturated rings. The van der Waals surface area contributed by atoms with Gasteiger partial charge in [0, 0.05) is 18.3 Å². The summed E-state index contributed by atoms with van der Waals surface area (Å²) in [6.45, 7) is 4.35. The molecule has 0 atom stereocenters. The minimum Gasteiger partial charge on any atom is -0.463 e. The summed E-state index contributed by atoms with van der Waals surface area (Å²) in [5, 5.41) is 6.69. The van der Waals surface area contributed by atoms with Crippen LogP contribution in [0.5, 0.6) is 0 Å². The highest BCUT2D eigenvalue weighted by molar-refractivity contribution is 7.09. The second-order valence-corrected chi connectivity index (χ2v) is 5.25. The van der Waals surface area contributed by atoms with E-state index in [4.69, 9.17) is 4.42 Å². The highest BCUT2D eigenvalue weighted by Crippen LogP contribution is 2.22. The topological polar surface area (TPSA) is 38.1 Å². The Bertz CT molecular complexity index is 436. The van der Waals surface area contributed by atoms with Gasteiger partial charge in [0.1, 0.15) is 5.69 Å². The smallest absolute Gasteiger partial charge is 0.153 e. The number of nitrogens with one attached hydrogen (secondary N) is 1. The highest BCUT2D eigenvalue weighted by Gasteiger charge is 2.06. The van der Waals surface area contributed by atoms with Crippen LogP contribution in [0.15, 0.2) is 28.2 Å². The molecule has 0 aliphatic rings. The van der Waals surface area contributed by atoms with Crippen LogP contribution in [-0.2, 0) is 6.42 Å². The summed E-state index contributed by atoms with van der Waals surface area (Å²) < 4.78 is 5.33. The lowest BCUT2D eigenvalue weighted by Gasteiger charge is -2.01. The van der Waals surface area contributed by atoms with Crippen LogP contribution in [0.25, 0.3) is 11.5 Å². The van der Waals surface area contributed by atoms with E-state index in [1.54, 1.807) is 17.6 Å². The fourth-order valence-electron chi connectivity index (χ4n) is 1.78. The number of unbranched alkanes of at least 4 members (excludes halogenated alkanes) is 2. The number of hydrogen-bond acceptors (Lipinski definition) is 4. The molecule has 0 spiro atoms. The number of hydrogen-bond donors (Lipinski definition) is 1. The molecule has 0 bridgehead atoms. The summed E-state index contributed by atoms with van der Waals surface area (Å²) in [6.07, 6.45) is 6.54. The first-order valence-electron chi connectivity index (χ1n) is 6.59. The van der Waals surface area contributed by atoms with E-state index in [1.807, 2.05) is 12.1 Å². The van der Waals surface area contributed by atoms with Gasteiger partial charge in [0.15, 0.2) is 5.76 Å². The molecule has 0 radical (unpaired) electrons. The fourth-order valence-corrected chi connectivity index (χ4v) is 2.57. The molecule has 0 aromatic carbocycles. The van der Waals surface area contributed by atoms with E-state index >= 15 is 0 Å². The Balaban J connectivity index is 1.71. The van der Waals surface area contributed by atoms with Crippen LogP contribution in [0.2, 0.25) is 0 Å². The van der Waals surface area contributed by atoms with Gasteiger partial charge in [-0.05, 0) is 25.1 Å². The van der Waals surface area contributed by atoms with Crippen LogP contribution in [-0.4, -0.2) is 18.1 Å². The lowest BCUT2D eigenvalue weighted by molar-refractivity contribution is 0.580. The van der Waals surface area contributed by atoms with Crippen molar-refractivity contribution in [1.82, 2.24) is 10.3 Å². The van der Waals surface area contributed by atoms with E-state index < -0.39 is 0 Å². The Labute approximate surface area is 112 Å². The molecule has 0 aliphatic carbocycles. The predicted octanol–water partition coefficient (Wildman–Crippen LogP) is 3.73. The fraction of sp³-hybridized carbons (Fsp3) is 0.500. The number of aromatic nitrogens is 1. The summed E-state index contributed by atoms with van der Waals surface area (Å²) in [4.78, 5) is 4.57. The Morgan fingerprint density at radius 1 is 1.33 bits per heavy atom. The van der Waals surface area contributed by atoms with Gasteiger partial charge in [0.05, 0.1) is 11.3 Å². The lowest BCUT2D eigenvalue weighted by Crippen LogP contribution is -2.18. The predicted molar refractivity (Wildman–Crippen MR) is 75.9 cm³/mol. The van der Waals surface area contributed by atoms with Gasteiger partial charge >= 0.3 is 0 Å². The molecule has 0 saturated carbocycles. The van der Waals surface area contributed by atoms with Crippen molar-refractivity contribution in [3.63, 3.8) is 0 Å². The van der Waals surface area contributed by atoms with Gasteiger partial charge < -0.3 is 9.73 Å². The Morgan fingerprint density at radius 2 is 2.28 bits per heavy atom. The van der Waals surface area contributed by atoms with E-state index in [2.05, 4.69) is 22.6 Å². The SMILES string of the molecule is CCCCCNCCc1nc(-c2ccco2)cs1. The molecule has 0 amide bonds. The quantitative estimate of drug-likeness (QED) is 0.738. The molecule has 0 aliphatic heterocycles. The molecule has 2 aromatic rings. The molecule has 0 unspecified atom stereocenters. The van der Waals surface area contributed by atoms with Crippen molar-refractivity contribution < 1.29 is 4.42 Å². The van der Waals surface area contributed by atoms with Crippen molar-refractivity contribution in [2.75, 3.05) is 13.1 Å². The summed E-state index contributed by atoms with van der Waals surface area (Å²) >= 11 is 1.70. The van der Waals surface area contributed by atoms with Crippen LogP contribution in [0.4, 0.5) is 0 Å². The molecule has 2 rings (SSSR count). The van der Waals surface area contributed by atoms with Crippen molar-refractivity contribution in [3.8, 4) is 11.5 Å². The van der Waals surface area contributed by atoms with Crippen LogP contribution in [0, 0.1) is 0 Å². The summed E-state index contributed by atoms with van der Waals surface area (Å²) in [7, 11) is 0. The van der Waals surface area contributed by atoms with Gasteiger partial charge in [-0.15, -0.1) is 11.3 Å². The van der Waals surface area contributed by atoms with Gasteiger partial charge in [-0.1, -0.05) is 19.8 Å². The first-order chi connectivity index (χ1) is 8.90. The number of thiazole rings is 1. The monoisotopic (exact) mass is 264 g/mol. The Hall–Kier alpha value is -1.13. The maximum Gasteiger partial charge on any atom is 0.153 e. The number of furan rings is 1. The van der Waals surface area contributed by atoms with Crippen molar-refractivity contribution >= 4 is 11.3 Å². The largest absolute Gasteiger partial charge is 0.463 e. The zero-order valence-electron chi connectivity index (χ0n) is 10.8. The van der Waals surface area contributed by atoms with E-state index in [1.165, 1.54) is 24.3 Å². The molecule has 98 valence electrons. The van der Waals surface area contributed by atoms with Crippen molar-refractivity contribution in [1.29, 1.82) is 0 Å². The third kappa shape index (κ3) is 3.96. The van der Waals surface area contributed by atoms with Crippen LogP contribution < -0.4 is 5.32 Å². The van der Waals surface area contributed by atoms with Gasteiger partial charge in [-0.2, -0.15) is 0 Å². The normalized spacial score (nSPS) is 10.9. The van der Waals surface area contributed by atoms with Crippen LogP contribution >= 0.6 is 11.3 Å². The first-order valence-corrected chi connectivity index (χ1v) is 7.47. The second kappa shape index (κ2) is 7.34. The van der Waals surface area contributed by atoms with Gasteiger partial charge in [0.25, 0.3) is 0 Å². The highest BCUT2D eigenvalue weighted by atomic mass is 32.1. The van der Waals surface area contributed by atoms with Gasteiger partial charge in [0.2, 0.25) is 0 Å². The van der Waals surface area contributed by atoms with Gasteiger partial charge in [-0.3, -0.25) is 0 Å². The molecule has 0 saturated heterocycles. The Kier molecular flexibility index (Phi) is 5.42. The summed E-state index contributed by atoms with van der Waals surface area (Å²) in [6, 6.07) is 3.84. The van der Waals surface area contributed by atoms with Crippen molar-refractivity contribution in [3.05, 3.63) is 28.8 Å². The first kappa shape index (κ1) is 13.3. The van der Waals surface area contributed by atoms with Crippen molar-refractivity contribution in [2.45, 2.75) is 32.6 Å². The molecule has 1 N–H and O–H groups in total. The zero-order chi connectivity index (χ0) is 12.6. The van der Waals surface area contributed by atoms with E-state index in [9.17, 15) is 0 Å². The van der Waals surface area contributed by atoms with E-state index in [-0.39, 0.29) is 0 Å². The molecular formula is C14H20N2OS. The van der Waals surface area contributed by atoms with Crippen LogP contribution in [0.3, 0.4) is 0 Å². The maximum atomic E-state index is 5.33. The standard InChI is InChI=1S/C14H20N2OS/c1-2-3-4-8-15-9-7-14-16-12(11-18-14)13-6-5-10-17-13/h5-6,10-11,15H,2-4,7-9H2,1H3. The molecule has 3 nitrogen and oxygen atoms in total. The molecule has 4 heteroatoms. The average molecular weight is 264 g/mol. The summed E-state index contributed by atoms with van der Waals surface area (Å²) in [5.41, 5.74) is 0.950. The maximum absolute atomic E-state index is 5.33. The third-order valence-electron chi connectivity index (χ3n) is 2.80. The lowest BCUT2D eigenvalue weighted by atomic mass is 10.2. The minimum atomic E-state index is 0.855. The average Bonchev–Trinajstić information content (AvgIpc) is 3.03. The minimum absolute atomic E-state index is 0.855. The molecule has 2 aromatic heterocycles. The number of rotatable bonds is 8. The van der Waals surface area contributed by atoms with Crippen LogP contribution in [0.1, 0.15) is 31.2 Å².